The van der Waals surface area contributed by atoms with Gasteiger partial charge in [-0.15, -0.1) is 0 Å². The Bertz CT molecular complexity index is 929. The standard InChI is InChI=1S/C19H19N3O5/c20-9-15-13-7-6-12(27-11-4-2-1-3-5-11)8-14(13)18(25)17(22-15)19(26)21-10-16(23)24/h6-8,11,25H,1-5,10H2,(H,21,26)(H,23,24). The smallest absolute Gasteiger partial charge is 0.322 e. The van der Waals surface area contributed by atoms with E-state index in [0.717, 1.165) is 25.7 Å². The van der Waals surface area contributed by atoms with Gasteiger partial charge < -0.3 is 20.3 Å². The number of ether oxygens (including phenoxy) is 1. The molecule has 1 aromatic heterocycles. The molecule has 0 saturated heterocycles. The van der Waals surface area contributed by atoms with Crippen molar-refractivity contribution in [3.63, 3.8) is 0 Å². The van der Waals surface area contributed by atoms with Crippen LogP contribution in [0.2, 0.25) is 0 Å². The van der Waals surface area contributed by atoms with Crippen molar-refractivity contribution in [1.29, 1.82) is 5.26 Å². The summed E-state index contributed by atoms with van der Waals surface area (Å²) in [6.07, 6.45) is 5.46. The third-order valence-corrected chi connectivity index (χ3v) is 4.53. The normalized spacial score (nSPS) is 14.5. The number of aromatic nitrogens is 1. The molecule has 3 N–H and O–H groups in total. The van der Waals surface area contributed by atoms with Crippen LogP contribution >= 0.6 is 0 Å². The van der Waals surface area contributed by atoms with E-state index in [1.807, 2.05) is 6.07 Å². The van der Waals surface area contributed by atoms with Gasteiger partial charge in [0, 0.05) is 10.8 Å². The minimum Gasteiger partial charge on any atom is -0.505 e. The first kappa shape index (κ1) is 18.5. The summed E-state index contributed by atoms with van der Waals surface area (Å²) in [5.74, 6) is -1.98. The zero-order valence-electron chi connectivity index (χ0n) is 14.6. The molecule has 8 nitrogen and oxygen atoms in total. The molecule has 2 aromatic rings. The molecule has 1 heterocycles. The Balaban J connectivity index is 1.97. The number of carboxylic acid groups (broad SMARTS) is 1. The number of hydrogen-bond acceptors (Lipinski definition) is 6. The summed E-state index contributed by atoms with van der Waals surface area (Å²) in [5.41, 5.74) is -0.428. The summed E-state index contributed by atoms with van der Waals surface area (Å²) in [7, 11) is 0. The molecular formula is C19H19N3O5. The number of hydrogen-bond donors (Lipinski definition) is 3. The highest BCUT2D eigenvalue weighted by atomic mass is 16.5. The average Bonchev–Trinajstić information content (AvgIpc) is 2.67. The first-order chi connectivity index (χ1) is 13.0. The van der Waals surface area contributed by atoms with Crippen LogP contribution in [-0.4, -0.2) is 39.7 Å². The van der Waals surface area contributed by atoms with Crippen molar-refractivity contribution >= 4 is 22.6 Å². The van der Waals surface area contributed by atoms with Crippen LogP contribution in [0.3, 0.4) is 0 Å². The molecule has 0 aliphatic heterocycles. The maximum atomic E-state index is 12.1. The minimum absolute atomic E-state index is 0.0347. The lowest BCUT2D eigenvalue weighted by atomic mass is 9.98. The van der Waals surface area contributed by atoms with Gasteiger partial charge in [-0.1, -0.05) is 6.42 Å². The van der Waals surface area contributed by atoms with Crippen molar-refractivity contribution in [2.75, 3.05) is 6.54 Å². The zero-order chi connectivity index (χ0) is 19.4. The second-order valence-electron chi connectivity index (χ2n) is 6.43. The van der Waals surface area contributed by atoms with E-state index in [9.17, 15) is 20.0 Å². The second-order valence-corrected chi connectivity index (χ2v) is 6.43. The van der Waals surface area contributed by atoms with Crippen molar-refractivity contribution < 1.29 is 24.5 Å². The van der Waals surface area contributed by atoms with E-state index in [-0.39, 0.29) is 17.2 Å². The molecule has 1 aromatic carbocycles. The molecule has 8 heteroatoms. The number of nitriles is 1. The topological polar surface area (TPSA) is 133 Å². The monoisotopic (exact) mass is 369 g/mol. The van der Waals surface area contributed by atoms with Crippen molar-refractivity contribution in [2.45, 2.75) is 38.2 Å². The third-order valence-electron chi connectivity index (χ3n) is 4.53. The number of benzene rings is 1. The Morgan fingerprint density at radius 1 is 1.26 bits per heavy atom. The third kappa shape index (κ3) is 4.08. The van der Waals surface area contributed by atoms with Crippen molar-refractivity contribution in [1.82, 2.24) is 10.3 Å². The van der Waals surface area contributed by atoms with Gasteiger partial charge in [-0.3, -0.25) is 9.59 Å². The van der Waals surface area contributed by atoms with Crippen LogP contribution in [0.1, 0.15) is 48.3 Å². The van der Waals surface area contributed by atoms with E-state index in [2.05, 4.69) is 10.3 Å². The number of aromatic hydroxyl groups is 1. The van der Waals surface area contributed by atoms with Gasteiger partial charge >= 0.3 is 5.97 Å². The molecule has 140 valence electrons. The van der Waals surface area contributed by atoms with E-state index in [1.165, 1.54) is 6.42 Å². The number of rotatable bonds is 5. The predicted octanol–water partition coefficient (Wildman–Crippen LogP) is 2.34. The Morgan fingerprint density at radius 2 is 2.00 bits per heavy atom. The van der Waals surface area contributed by atoms with Crippen LogP contribution < -0.4 is 10.1 Å². The quantitative estimate of drug-likeness (QED) is 0.736. The molecule has 1 aliphatic rings. The molecule has 0 bridgehead atoms. The fourth-order valence-corrected chi connectivity index (χ4v) is 3.21. The van der Waals surface area contributed by atoms with E-state index in [4.69, 9.17) is 9.84 Å². The van der Waals surface area contributed by atoms with Gasteiger partial charge in [0.1, 0.15) is 24.1 Å². The van der Waals surface area contributed by atoms with Crippen molar-refractivity contribution in [3.05, 3.63) is 29.6 Å². The Morgan fingerprint density at radius 3 is 2.67 bits per heavy atom. The molecule has 1 amide bonds. The van der Waals surface area contributed by atoms with Crippen LogP contribution in [0.15, 0.2) is 18.2 Å². The largest absolute Gasteiger partial charge is 0.505 e. The molecular weight excluding hydrogens is 350 g/mol. The maximum absolute atomic E-state index is 12.1. The summed E-state index contributed by atoms with van der Waals surface area (Å²) in [5, 5.41) is 31.3. The van der Waals surface area contributed by atoms with E-state index in [1.54, 1.807) is 18.2 Å². The lowest BCUT2D eigenvalue weighted by Crippen LogP contribution is -2.30. The molecule has 27 heavy (non-hydrogen) atoms. The van der Waals surface area contributed by atoms with Crippen molar-refractivity contribution in [3.8, 4) is 17.6 Å². The summed E-state index contributed by atoms with van der Waals surface area (Å²) < 4.78 is 5.98. The summed E-state index contributed by atoms with van der Waals surface area (Å²) in [6.45, 7) is -0.620. The van der Waals surface area contributed by atoms with Crippen LogP contribution in [0.5, 0.6) is 11.5 Å². The van der Waals surface area contributed by atoms with E-state index in [0.29, 0.717) is 11.1 Å². The number of aliphatic carboxylic acids is 1. The number of carboxylic acids is 1. The average molecular weight is 369 g/mol. The second kappa shape index (κ2) is 7.91. The van der Waals surface area contributed by atoms with E-state index >= 15 is 0 Å². The molecule has 0 spiro atoms. The lowest BCUT2D eigenvalue weighted by Gasteiger charge is -2.23. The van der Waals surface area contributed by atoms with Gasteiger partial charge in [0.05, 0.1) is 6.10 Å². The molecule has 1 saturated carbocycles. The number of pyridine rings is 1. The van der Waals surface area contributed by atoms with Crippen LogP contribution in [0.4, 0.5) is 0 Å². The van der Waals surface area contributed by atoms with Gasteiger partial charge in [-0.2, -0.15) is 5.26 Å². The molecule has 1 fully saturated rings. The highest BCUT2D eigenvalue weighted by Crippen LogP contribution is 2.33. The Hall–Kier alpha value is -3.34. The number of carbonyl (C=O) groups is 2. The number of nitrogens with zero attached hydrogens (tertiary/aromatic N) is 2. The fraction of sp³-hybridized carbons (Fsp3) is 0.368. The molecule has 0 unspecified atom stereocenters. The Kier molecular flexibility index (Phi) is 5.41. The van der Waals surface area contributed by atoms with Gasteiger partial charge in [-0.05, 0) is 43.9 Å². The van der Waals surface area contributed by atoms with Crippen LogP contribution in [0, 0.1) is 11.3 Å². The first-order valence-electron chi connectivity index (χ1n) is 8.73. The van der Waals surface area contributed by atoms with Crippen LogP contribution in [-0.2, 0) is 4.79 Å². The highest BCUT2D eigenvalue weighted by Gasteiger charge is 2.21. The van der Waals surface area contributed by atoms with Gasteiger partial charge in [0.15, 0.2) is 11.4 Å². The van der Waals surface area contributed by atoms with Crippen LogP contribution in [0.25, 0.3) is 10.8 Å². The van der Waals surface area contributed by atoms with Gasteiger partial charge in [-0.25, -0.2) is 4.98 Å². The minimum atomic E-state index is -1.23. The number of amides is 1. The first-order valence-corrected chi connectivity index (χ1v) is 8.73. The Labute approximate surface area is 155 Å². The zero-order valence-corrected chi connectivity index (χ0v) is 14.6. The molecule has 0 atom stereocenters. The molecule has 3 rings (SSSR count). The molecule has 0 radical (unpaired) electrons. The van der Waals surface area contributed by atoms with Gasteiger partial charge in [0.2, 0.25) is 0 Å². The summed E-state index contributed by atoms with van der Waals surface area (Å²) >= 11 is 0. The summed E-state index contributed by atoms with van der Waals surface area (Å²) in [6, 6.07) is 6.81. The van der Waals surface area contributed by atoms with Gasteiger partial charge in [0.25, 0.3) is 5.91 Å². The summed E-state index contributed by atoms with van der Waals surface area (Å²) in [4.78, 5) is 26.7. The van der Waals surface area contributed by atoms with E-state index < -0.39 is 29.9 Å². The highest BCUT2D eigenvalue weighted by molar-refractivity contribution is 6.04. The predicted molar refractivity (Wildman–Crippen MR) is 95.6 cm³/mol. The lowest BCUT2D eigenvalue weighted by molar-refractivity contribution is -0.135. The fourth-order valence-electron chi connectivity index (χ4n) is 3.21. The number of carbonyl (C=O) groups excluding carboxylic acids is 1. The molecule has 1 aliphatic carbocycles. The SMILES string of the molecule is N#Cc1nc(C(=O)NCC(=O)O)c(O)c2cc(OC3CCCCC3)ccc12. The van der Waals surface area contributed by atoms with Crippen molar-refractivity contribution in [2.24, 2.45) is 0 Å². The number of fused-ring (bicyclic) bond motifs is 1. The maximum Gasteiger partial charge on any atom is 0.322 e. The number of nitrogens with one attached hydrogen (secondary N) is 1.